The normalized spacial score (nSPS) is 11.4. The molecule has 0 unspecified atom stereocenters. The van der Waals surface area contributed by atoms with Crippen LogP contribution in [0.4, 0.5) is 0 Å². The predicted molar refractivity (Wildman–Crippen MR) is 91.8 cm³/mol. The molecule has 4 nitrogen and oxygen atoms in total. The van der Waals surface area contributed by atoms with Gasteiger partial charge in [0.25, 0.3) is 5.56 Å². The number of fused-ring (bicyclic) bond motifs is 1. The third-order valence-corrected chi connectivity index (χ3v) is 3.87. The summed E-state index contributed by atoms with van der Waals surface area (Å²) in [6, 6.07) is 12.4. The van der Waals surface area contributed by atoms with Gasteiger partial charge >= 0.3 is 0 Å². The molecule has 0 saturated carbocycles. The molecule has 0 radical (unpaired) electrons. The first-order valence-corrected chi connectivity index (χ1v) is 7.50. The standard InChI is InChI=1S/C17H13BrN2O2/c1-11-19-15-7-6-13(18)10-14(15)17(22)20(11)9-8-12-4-2-3-5-16(12)21/h2-10,21H,1H3/b9-8+. The molecule has 0 spiro atoms. The van der Waals surface area contributed by atoms with Crippen molar-refractivity contribution in [2.75, 3.05) is 0 Å². The minimum Gasteiger partial charge on any atom is -0.507 e. The Balaban J connectivity index is 2.15. The van der Waals surface area contributed by atoms with Gasteiger partial charge in [0, 0.05) is 16.2 Å². The molecule has 0 aliphatic heterocycles. The van der Waals surface area contributed by atoms with E-state index in [9.17, 15) is 9.90 Å². The number of aromatic nitrogens is 2. The molecule has 0 fully saturated rings. The highest BCUT2D eigenvalue weighted by atomic mass is 79.9. The lowest BCUT2D eigenvalue weighted by Gasteiger charge is -2.07. The van der Waals surface area contributed by atoms with Crippen LogP contribution < -0.4 is 5.56 Å². The minimum absolute atomic E-state index is 0.143. The largest absolute Gasteiger partial charge is 0.507 e. The highest BCUT2D eigenvalue weighted by Gasteiger charge is 2.07. The Kier molecular flexibility index (Phi) is 3.81. The first kappa shape index (κ1) is 14.5. The lowest BCUT2D eigenvalue weighted by atomic mass is 10.2. The quantitative estimate of drug-likeness (QED) is 0.759. The third-order valence-electron chi connectivity index (χ3n) is 3.38. The highest BCUT2D eigenvalue weighted by molar-refractivity contribution is 9.10. The number of phenols is 1. The van der Waals surface area contributed by atoms with Crippen molar-refractivity contribution in [1.29, 1.82) is 0 Å². The van der Waals surface area contributed by atoms with Crippen LogP contribution in [-0.2, 0) is 0 Å². The van der Waals surface area contributed by atoms with Crippen molar-refractivity contribution in [2.24, 2.45) is 0 Å². The number of rotatable bonds is 2. The van der Waals surface area contributed by atoms with Crippen LogP contribution in [-0.4, -0.2) is 14.7 Å². The summed E-state index contributed by atoms with van der Waals surface area (Å²) in [4.78, 5) is 17.0. The van der Waals surface area contributed by atoms with Crippen LogP contribution in [0.15, 0.2) is 51.7 Å². The molecule has 0 bridgehead atoms. The summed E-state index contributed by atoms with van der Waals surface area (Å²) >= 11 is 3.37. The molecule has 0 aliphatic rings. The number of benzene rings is 2. The maximum Gasteiger partial charge on any atom is 0.265 e. The van der Waals surface area contributed by atoms with Gasteiger partial charge in [-0.2, -0.15) is 0 Å². The van der Waals surface area contributed by atoms with Crippen LogP contribution >= 0.6 is 15.9 Å². The van der Waals surface area contributed by atoms with Crippen LogP contribution in [0, 0.1) is 6.92 Å². The Bertz CT molecular complexity index is 945. The van der Waals surface area contributed by atoms with Crippen LogP contribution in [0.25, 0.3) is 23.2 Å². The SMILES string of the molecule is Cc1nc2ccc(Br)cc2c(=O)n1/C=C/c1ccccc1O. The van der Waals surface area contributed by atoms with E-state index in [0.29, 0.717) is 22.3 Å². The van der Waals surface area contributed by atoms with E-state index in [-0.39, 0.29) is 11.3 Å². The third kappa shape index (κ3) is 2.67. The van der Waals surface area contributed by atoms with Gasteiger partial charge in [0.05, 0.1) is 10.9 Å². The molecule has 1 N–H and O–H groups in total. The van der Waals surface area contributed by atoms with Gasteiger partial charge in [-0.25, -0.2) is 4.98 Å². The molecule has 1 aromatic heterocycles. The van der Waals surface area contributed by atoms with Gasteiger partial charge < -0.3 is 5.11 Å². The van der Waals surface area contributed by atoms with Crippen LogP contribution in [0.3, 0.4) is 0 Å². The molecule has 2 aromatic carbocycles. The Morgan fingerprint density at radius 1 is 1.23 bits per heavy atom. The molecule has 0 amide bonds. The van der Waals surface area contributed by atoms with Crippen LogP contribution in [0.5, 0.6) is 5.75 Å². The van der Waals surface area contributed by atoms with E-state index in [2.05, 4.69) is 20.9 Å². The topological polar surface area (TPSA) is 55.1 Å². The summed E-state index contributed by atoms with van der Waals surface area (Å²) in [5, 5.41) is 10.3. The zero-order chi connectivity index (χ0) is 15.7. The fraction of sp³-hybridized carbons (Fsp3) is 0.0588. The smallest absolute Gasteiger partial charge is 0.265 e. The van der Waals surface area contributed by atoms with E-state index >= 15 is 0 Å². The van der Waals surface area contributed by atoms with Crippen molar-refractivity contribution in [3.05, 3.63) is 68.7 Å². The number of nitrogens with zero attached hydrogens (tertiary/aromatic N) is 2. The molecular weight excluding hydrogens is 344 g/mol. The second kappa shape index (κ2) is 5.77. The number of aromatic hydroxyl groups is 1. The Labute approximate surface area is 135 Å². The fourth-order valence-electron chi connectivity index (χ4n) is 2.24. The summed E-state index contributed by atoms with van der Waals surface area (Å²) in [7, 11) is 0. The van der Waals surface area contributed by atoms with Crippen molar-refractivity contribution in [3.8, 4) is 5.75 Å². The van der Waals surface area contributed by atoms with Crippen molar-refractivity contribution in [2.45, 2.75) is 6.92 Å². The summed E-state index contributed by atoms with van der Waals surface area (Å²) in [6.07, 6.45) is 3.31. The molecule has 1 heterocycles. The molecule has 5 heteroatoms. The predicted octanol–water partition coefficient (Wildman–Crippen LogP) is 3.80. The molecule has 110 valence electrons. The first-order chi connectivity index (χ1) is 10.6. The maximum absolute atomic E-state index is 12.6. The molecule has 0 saturated heterocycles. The number of hydrogen-bond acceptors (Lipinski definition) is 3. The van der Waals surface area contributed by atoms with E-state index in [1.165, 1.54) is 4.57 Å². The molecular formula is C17H13BrN2O2. The van der Waals surface area contributed by atoms with E-state index in [0.717, 1.165) is 4.47 Å². The van der Waals surface area contributed by atoms with Gasteiger partial charge in [0.15, 0.2) is 0 Å². The van der Waals surface area contributed by atoms with Crippen molar-refractivity contribution in [3.63, 3.8) is 0 Å². The van der Waals surface area contributed by atoms with E-state index in [1.54, 1.807) is 43.5 Å². The second-order valence-corrected chi connectivity index (χ2v) is 5.79. The summed E-state index contributed by atoms with van der Waals surface area (Å²) in [6.45, 7) is 1.78. The van der Waals surface area contributed by atoms with Gasteiger partial charge in [0.1, 0.15) is 11.6 Å². The molecule has 0 aliphatic carbocycles. The van der Waals surface area contributed by atoms with Crippen LogP contribution in [0.2, 0.25) is 0 Å². The number of aryl methyl sites for hydroxylation is 1. The highest BCUT2D eigenvalue weighted by Crippen LogP contribution is 2.18. The van der Waals surface area contributed by atoms with Gasteiger partial charge in [-0.15, -0.1) is 0 Å². The second-order valence-electron chi connectivity index (χ2n) is 4.87. The maximum atomic E-state index is 12.6. The molecule has 3 aromatic rings. The summed E-state index contributed by atoms with van der Waals surface area (Å²) in [5.74, 6) is 0.757. The van der Waals surface area contributed by atoms with E-state index in [4.69, 9.17) is 0 Å². The van der Waals surface area contributed by atoms with Gasteiger partial charge in [-0.1, -0.05) is 34.1 Å². The number of halogens is 1. The van der Waals surface area contributed by atoms with Crippen LogP contribution in [0.1, 0.15) is 11.4 Å². The fourth-order valence-corrected chi connectivity index (χ4v) is 2.60. The number of hydrogen-bond donors (Lipinski definition) is 1. The number of phenolic OH excluding ortho intramolecular Hbond substituents is 1. The van der Waals surface area contributed by atoms with E-state index < -0.39 is 0 Å². The molecule has 3 rings (SSSR count). The molecule has 22 heavy (non-hydrogen) atoms. The monoisotopic (exact) mass is 356 g/mol. The Morgan fingerprint density at radius 3 is 2.77 bits per heavy atom. The molecule has 0 atom stereocenters. The summed E-state index contributed by atoms with van der Waals surface area (Å²) in [5.41, 5.74) is 1.16. The average Bonchev–Trinajstić information content (AvgIpc) is 2.50. The lowest BCUT2D eigenvalue weighted by molar-refractivity contribution is 0.474. The van der Waals surface area contributed by atoms with Crippen molar-refractivity contribution in [1.82, 2.24) is 9.55 Å². The van der Waals surface area contributed by atoms with Gasteiger partial charge in [-0.05, 0) is 37.3 Å². The Hall–Kier alpha value is -2.40. The number of para-hydroxylation sites is 1. The average molecular weight is 357 g/mol. The van der Waals surface area contributed by atoms with Crippen molar-refractivity contribution >= 4 is 39.1 Å². The lowest BCUT2D eigenvalue weighted by Crippen LogP contribution is -2.19. The Morgan fingerprint density at radius 2 is 2.00 bits per heavy atom. The van der Waals surface area contributed by atoms with Crippen molar-refractivity contribution < 1.29 is 5.11 Å². The summed E-state index contributed by atoms with van der Waals surface area (Å²) < 4.78 is 2.31. The van der Waals surface area contributed by atoms with Gasteiger partial charge in [0.2, 0.25) is 0 Å². The first-order valence-electron chi connectivity index (χ1n) is 6.71. The zero-order valence-corrected chi connectivity index (χ0v) is 13.4. The van der Waals surface area contributed by atoms with Gasteiger partial charge in [-0.3, -0.25) is 9.36 Å². The zero-order valence-electron chi connectivity index (χ0n) is 11.8. The van der Waals surface area contributed by atoms with E-state index in [1.807, 2.05) is 18.2 Å². The minimum atomic E-state index is -0.143.